The van der Waals surface area contributed by atoms with Gasteiger partial charge in [0.2, 0.25) is 5.95 Å². The van der Waals surface area contributed by atoms with E-state index in [4.69, 9.17) is 29.3 Å². The lowest BCUT2D eigenvalue weighted by Crippen LogP contribution is -2.06. The Balaban J connectivity index is 1.40. The molecule has 5 aromatic carbocycles. The Bertz CT molecular complexity index is 2390. The first-order valence-electron chi connectivity index (χ1n) is 14.4. The summed E-state index contributed by atoms with van der Waals surface area (Å²) in [6.45, 7) is 0. The molecule has 7 heteroatoms. The zero-order valence-electron chi connectivity index (χ0n) is 23.3. The maximum absolute atomic E-state index is 6.44. The highest BCUT2D eigenvalue weighted by Crippen LogP contribution is 2.37. The van der Waals surface area contributed by atoms with Gasteiger partial charge in [-0.15, -0.1) is 0 Å². The predicted molar refractivity (Wildman–Crippen MR) is 173 cm³/mol. The van der Waals surface area contributed by atoms with Crippen molar-refractivity contribution in [3.8, 4) is 40.2 Å². The number of hydrogen-bond acceptors (Lipinski definition) is 6. The van der Waals surface area contributed by atoms with Crippen LogP contribution in [0.2, 0.25) is 0 Å². The summed E-state index contributed by atoms with van der Waals surface area (Å²) < 4.78 is 8.55. The third kappa shape index (κ3) is 3.80. The molecule has 4 aromatic heterocycles. The van der Waals surface area contributed by atoms with Crippen molar-refractivity contribution >= 4 is 43.9 Å². The number of hydrogen-bond donors (Lipinski definition) is 0. The van der Waals surface area contributed by atoms with E-state index in [9.17, 15) is 0 Å². The van der Waals surface area contributed by atoms with Gasteiger partial charge in [0.1, 0.15) is 11.1 Å². The Kier molecular flexibility index (Phi) is 5.36. The van der Waals surface area contributed by atoms with Crippen LogP contribution < -0.4 is 0 Å². The van der Waals surface area contributed by atoms with E-state index in [1.807, 2.05) is 97.1 Å². The van der Waals surface area contributed by atoms with Gasteiger partial charge in [-0.25, -0.2) is 24.9 Å². The van der Waals surface area contributed by atoms with Gasteiger partial charge in [0.25, 0.3) is 0 Å². The molecule has 0 saturated carbocycles. The molecule has 0 spiro atoms. The largest absolute Gasteiger partial charge is 0.452 e. The summed E-state index contributed by atoms with van der Waals surface area (Å²) in [6.07, 6.45) is 0. The fourth-order valence-electron chi connectivity index (χ4n) is 5.88. The van der Waals surface area contributed by atoms with Gasteiger partial charge >= 0.3 is 0 Å². The van der Waals surface area contributed by atoms with Crippen molar-refractivity contribution < 1.29 is 4.42 Å². The van der Waals surface area contributed by atoms with Gasteiger partial charge in [0.05, 0.1) is 11.0 Å². The first kappa shape index (κ1) is 24.4. The molecule has 44 heavy (non-hydrogen) atoms. The molecule has 9 aromatic rings. The topological polar surface area (TPSA) is 82.5 Å². The summed E-state index contributed by atoms with van der Waals surface area (Å²) in [4.78, 5) is 25.2. The first-order valence-corrected chi connectivity index (χ1v) is 14.4. The minimum absolute atomic E-state index is 0.408. The molecule has 0 aliphatic carbocycles. The fourth-order valence-corrected chi connectivity index (χ4v) is 5.88. The Morgan fingerprint density at radius 2 is 0.932 bits per heavy atom. The molecule has 9 rings (SSSR count). The van der Waals surface area contributed by atoms with Crippen molar-refractivity contribution in [3.05, 3.63) is 133 Å². The number of aromatic nitrogens is 6. The average molecular weight is 567 g/mol. The molecule has 0 atom stereocenters. The highest BCUT2D eigenvalue weighted by molar-refractivity contribution is 6.10. The van der Waals surface area contributed by atoms with Crippen LogP contribution in [0.5, 0.6) is 0 Å². The van der Waals surface area contributed by atoms with Crippen LogP contribution in [-0.4, -0.2) is 29.5 Å². The molecule has 0 N–H and O–H groups in total. The highest BCUT2D eigenvalue weighted by Gasteiger charge is 2.23. The quantitative estimate of drug-likeness (QED) is 0.212. The molecule has 4 heterocycles. The fraction of sp³-hybridized carbons (Fsp3) is 0. The molecule has 0 unspecified atom stereocenters. The van der Waals surface area contributed by atoms with E-state index in [-0.39, 0.29) is 0 Å². The highest BCUT2D eigenvalue weighted by atomic mass is 16.3. The van der Waals surface area contributed by atoms with E-state index in [1.54, 1.807) is 0 Å². The smallest absolute Gasteiger partial charge is 0.236 e. The van der Waals surface area contributed by atoms with Crippen molar-refractivity contribution in [2.45, 2.75) is 0 Å². The summed E-state index contributed by atoms with van der Waals surface area (Å²) in [5.74, 6) is 2.03. The summed E-state index contributed by atoms with van der Waals surface area (Å²) in [5, 5.41) is 3.15. The molecule has 0 aliphatic rings. The summed E-state index contributed by atoms with van der Waals surface area (Å²) in [7, 11) is 0. The monoisotopic (exact) mass is 566 g/mol. The average Bonchev–Trinajstić information content (AvgIpc) is 3.64. The molecule has 0 aliphatic heterocycles. The van der Waals surface area contributed by atoms with Gasteiger partial charge < -0.3 is 4.42 Å². The third-order valence-corrected chi connectivity index (χ3v) is 7.90. The van der Waals surface area contributed by atoms with E-state index >= 15 is 0 Å². The predicted octanol–water partition coefficient (Wildman–Crippen LogP) is 8.66. The van der Waals surface area contributed by atoms with Gasteiger partial charge in [0.15, 0.2) is 28.8 Å². The molecule has 0 fully saturated rings. The molecule has 206 valence electrons. The van der Waals surface area contributed by atoms with Crippen LogP contribution >= 0.6 is 0 Å². The van der Waals surface area contributed by atoms with E-state index in [0.717, 1.165) is 43.9 Å². The van der Waals surface area contributed by atoms with E-state index in [1.165, 1.54) is 0 Å². The number of benzene rings is 5. The number of para-hydroxylation sites is 3. The molecule has 0 amide bonds. The summed E-state index contributed by atoms with van der Waals surface area (Å²) in [6, 6.07) is 44.4. The lowest BCUT2D eigenvalue weighted by Gasteiger charge is -2.10. The SMILES string of the molecule is c1ccc(-c2nc(-c3ccccc3)nc(-c3nc(-n4c5ccccc5c5ccccc54)nc4c3oc3ccccc34)n2)cc1. The van der Waals surface area contributed by atoms with Crippen LogP contribution in [0.3, 0.4) is 0 Å². The molecular weight excluding hydrogens is 544 g/mol. The maximum Gasteiger partial charge on any atom is 0.236 e. The minimum Gasteiger partial charge on any atom is -0.452 e. The molecular formula is C37H22N6O. The van der Waals surface area contributed by atoms with E-state index in [0.29, 0.717) is 40.2 Å². The second-order valence-corrected chi connectivity index (χ2v) is 10.6. The second-order valence-electron chi connectivity index (χ2n) is 10.6. The lowest BCUT2D eigenvalue weighted by molar-refractivity contribution is 0.666. The standard InChI is InChI=1S/C37H22N6O/c1-3-13-23(14-4-1)34-40-35(24-15-5-2-6-16-24)42-36(41-34)32-33-31(27-19-9-12-22-30(27)44-33)38-37(39-32)43-28-20-10-7-17-25(28)26-18-8-11-21-29(26)43/h1-22H. The van der Waals surface area contributed by atoms with Crippen molar-refractivity contribution in [2.75, 3.05) is 0 Å². The third-order valence-electron chi connectivity index (χ3n) is 7.90. The van der Waals surface area contributed by atoms with Crippen LogP contribution in [0.1, 0.15) is 0 Å². The zero-order chi connectivity index (χ0) is 29.0. The second kappa shape index (κ2) is 9.68. The van der Waals surface area contributed by atoms with Crippen LogP contribution in [0, 0.1) is 0 Å². The molecule has 0 bridgehead atoms. The first-order chi connectivity index (χ1) is 21.8. The van der Waals surface area contributed by atoms with Gasteiger partial charge in [-0.1, -0.05) is 109 Å². The zero-order valence-corrected chi connectivity index (χ0v) is 23.3. The maximum atomic E-state index is 6.44. The van der Waals surface area contributed by atoms with Crippen molar-refractivity contribution in [3.63, 3.8) is 0 Å². The van der Waals surface area contributed by atoms with Crippen molar-refractivity contribution in [1.29, 1.82) is 0 Å². The van der Waals surface area contributed by atoms with Crippen LogP contribution in [0.15, 0.2) is 138 Å². The van der Waals surface area contributed by atoms with Crippen LogP contribution in [0.4, 0.5) is 0 Å². The Morgan fingerprint density at radius 3 is 1.55 bits per heavy atom. The van der Waals surface area contributed by atoms with Gasteiger partial charge in [0, 0.05) is 27.3 Å². The van der Waals surface area contributed by atoms with Crippen molar-refractivity contribution in [1.82, 2.24) is 29.5 Å². The summed E-state index contributed by atoms with van der Waals surface area (Å²) >= 11 is 0. The van der Waals surface area contributed by atoms with Gasteiger partial charge in [-0.3, -0.25) is 4.57 Å². The molecule has 7 nitrogen and oxygen atoms in total. The number of nitrogens with zero attached hydrogens (tertiary/aromatic N) is 6. The summed E-state index contributed by atoms with van der Waals surface area (Å²) in [5.41, 5.74) is 6.23. The molecule has 0 radical (unpaired) electrons. The number of furan rings is 1. The van der Waals surface area contributed by atoms with Gasteiger partial charge in [-0.2, -0.15) is 0 Å². The lowest BCUT2D eigenvalue weighted by atomic mass is 10.2. The van der Waals surface area contributed by atoms with E-state index < -0.39 is 0 Å². The normalized spacial score (nSPS) is 11.6. The molecule has 0 saturated heterocycles. The van der Waals surface area contributed by atoms with E-state index in [2.05, 4.69) is 41.0 Å². The Morgan fingerprint density at radius 1 is 0.432 bits per heavy atom. The van der Waals surface area contributed by atoms with Crippen LogP contribution in [-0.2, 0) is 0 Å². The Hall–Kier alpha value is -6.21. The number of rotatable bonds is 4. The van der Waals surface area contributed by atoms with Crippen molar-refractivity contribution in [2.24, 2.45) is 0 Å². The number of fused-ring (bicyclic) bond motifs is 6. The Labute approximate surface area is 251 Å². The van der Waals surface area contributed by atoms with Crippen LogP contribution in [0.25, 0.3) is 84.1 Å². The minimum atomic E-state index is 0.408. The van der Waals surface area contributed by atoms with Gasteiger partial charge in [-0.05, 0) is 24.3 Å².